The predicted molar refractivity (Wildman–Crippen MR) is 51.4 cm³/mol. The molecule has 0 heterocycles. The van der Waals surface area contributed by atoms with Crippen LogP contribution in [0.25, 0.3) is 0 Å². The Bertz CT molecular complexity index is 235. The number of hydrogen-bond acceptors (Lipinski definition) is 3. The summed E-state index contributed by atoms with van der Waals surface area (Å²) in [6.45, 7) is 0.440. The molecule has 0 saturated heterocycles. The van der Waals surface area contributed by atoms with Gasteiger partial charge < -0.3 is 10.1 Å². The van der Waals surface area contributed by atoms with Gasteiger partial charge in [0.05, 0.1) is 18.6 Å². The lowest BCUT2D eigenvalue weighted by Gasteiger charge is -2.15. The molecular formula is C10H16N2O2. The van der Waals surface area contributed by atoms with Gasteiger partial charge in [-0.05, 0) is 19.3 Å². The molecule has 1 aliphatic carbocycles. The minimum atomic E-state index is -0.0148. The van der Waals surface area contributed by atoms with E-state index >= 15 is 0 Å². The zero-order chi connectivity index (χ0) is 10.4. The molecule has 1 amide bonds. The molecule has 2 unspecified atom stereocenters. The van der Waals surface area contributed by atoms with Crippen LogP contribution in [0.15, 0.2) is 0 Å². The molecule has 0 bridgehead atoms. The standard InChI is InChI=1S/C10H16N2O2/c1-14-6-5-10(13)12-9-4-2-3-8(9)7-11/h8-9H,2-6H2,1H3,(H,12,13). The molecule has 0 aromatic rings. The van der Waals surface area contributed by atoms with Gasteiger partial charge in [0, 0.05) is 19.6 Å². The van der Waals surface area contributed by atoms with E-state index in [1.807, 2.05) is 0 Å². The predicted octanol–water partition coefficient (Wildman–Crippen LogP) is 0.831. The van der Waals surface area contributed by atoms with Crippen LogP contribution in [0.2, 0.25) is 0 Å². The number of nitrogens with zero attached hydrogens (tertiary/aromatic N) is 1. The van der Waals surface area contributed by atoms with Crippen LogP contribution in [-0.2, 0) is 9.53 Å². The fourth-order valence-electron chi connectivity index (χ4n) is 1.76. The van der Waals surface area contributed by atoms with E-state index < -0.39 is 0 Å². The van der Waals surface area contributed by atoms with Gasteiger partial charge in [-0.1, -0.05) is 0 Å². The Labute approximate surface area is 84.2 Å². The maximum Gasteiger partial charge on any atom is 0.222 e. The monoisotopic (exact) mass is 196 g/mol. The molecule has 1 saturated carbocycles. The maximum absolute atomic E-state index is 11.3. The normalized spacial score (nSPS) is 25.7. The van der Waals surface area contributed by atoms with Crippen molar-refractivity contribution in [2.45, 2.75) is 31.7 Å². The molecule has 2 atom stereocenters. The molecule has 4 nitrogen and oxygen atoms in total. The smallest absolute Gasteiger partial charge is 0.222 e. The Morgan fingerprint density at radius 3 is 3.07 bits per heavy atom. The summed E-state index contributed by atoms with van der Waals surface area (Å²) >= 11 is 0. The Morgan fingerprint density at radius 1 is 1.64 bits per heavy atom. The molecule has 0 radical (unpaired) electrons. The molecule has 4 heteroatoms. The zero-order valence-corrected chi connectivity index (χ0v) is 8.45. The highest BCUT2D eigenvalue weighted by Crippen LogP contribution is 2.24. The van der Waals surface area contributed by atoms with Gasteiger partial charge in [0.15, 0.2) is 0 Å². The van der Waals surface area contributed by atoms with Gasteiger partial charge in [-0.25, -0.2) is 0 Å². The highest BCUT2D eigenvalue weighted by Gasteiger charge is 2.27. The summed E-state index contributed by atoms with van der Waals surface area (Å²) in [5.41, 5.74) is 0. The summed E-state index contributed by atoms with van der Waals surface area (Å²) in [5, 5.41) is 11.7. The van der Waals surface area contributed by atoms with Crippen molar-refractivity contribution in [3.63, 3.8) is 0 Å². The molecule has 1 fully saturated rings. The van der Waals surface area contributed by atoms with E-state index in [4.69, 9.17) is 10.00 Å². The van der Waals surface area contributed by atoms with E-state index in [0.29, 0.717) is 13.0 Å². The molecule has 0 aromatic carbocycles. The third-order valence-corrected chi connectivity index (χ3v) is 2.56. The minimum absolute atomic E-state index is 0.00138. The number of rotatable bonds is 4. The average Bonchev–Trinajstić information content (AvgIpc) is 2.62. The number of amides is 1. The third-order valence-electron chi connectivity index (χ3n) is 2.56. The largest absolute Gasteiger partial charge is 0.384 e. The fraction of sp³-hybridized carbons (Fsp3) is 0.800. The molecule has 0 spiro atoms. The van der Waals surface area contributed by atoms with Crippen LogP contribution in [0.5, 0.6) is 0 Å². The van der Waals surface area contributed by atoms with Gasteiger partial charge in [0.2, 0.25) is 5.91 Å². The topological polar surface area (TPSA) is 62.1 Å². The summed E-state index contributed by atoms with van der Waals surface area (Å²) < 4.78 is 4.80. The minimum Gasteiger partial charge on any atom is -0.384 e. The van der Waals surface area contributed by atoms with Crippen molar-refractivity contribution in [1.82, 2.24) is 5.32 Å². The van der Waals surface area contributed by atoms with Crippen molar-refractivity contribution in [3.05, 3.63) is 0 Å². The number of carbonyl (C=O) groups excluding carboxylic acids is 1. The molecule has 1 aliphatic rings. The van der Waals surface area contributed by atoms with Gasteiger partial charge >= 0.3 is 0 Å². The highest BCUT2D eigenvalue weighted by atomic mass is 16.5. The van der Waals surface area contributed by atoms with Gasteiger partial charge in [-0.15, -0.1) is 0 Å². The number of methoxy groups -OCH3 is 1. The SMILES string of the molecule is COCCC(=O)NC1CCCC1C#N. The Kier molecular flexibility index (Phi) is 4.41. The Morgan fingerprint density at radius 2 is 2.43 bits per heavy atom. The van der Waals surface area contributed by atoms with E-state index in [1.165, 1.54) is 0 Å². The number of hydrogen-bond donors (Lipinski definition) is 1. The van der Waals surface area contributed by atoms with Crippen LogP contribution in [0.3, 0.4) is 0 Å². The van der Waals surface area contributed by atoms with Crippen LogP contribution >= 0.6 is 0 Å². The highest BCUT2D eigenvalue weighted by molar-refractivity contribution is 5.76. The van der Waals surface area contributed by atoms with Gasteiger partial charge in [0.25, 0.3) is 0 Å². The summed E-state index contributed by atoms with van der Waals surface area (Å²) in [6.07, 6.45) is 3.25. The summed E-state index contributed by atoms with van der Waals surface area (Å²) in [6, 6.07) is 2.29. The number of carbonyl (C=O) groups is 1. The number of ether oxygens (including phenoxy) is 1. The average molecular weight is 196 g/mol. The van der Waals surface area contributed by atoms with Gasteiger partial charge in [-0.2, -0.15) is 5.26 Å². The molecule has 78 valence electrons. The Balaban J connectivity index is 2.29. The molecule has 1 rings (SSSR count). The zero-order valence-electron chi connectivity index (χ0n) is 8.45. The molecule has 0 aromatic heterocycles. The van der Waals surface area contributed by atoms with E-state index in [0.717, 1.165) is 19.3 Å². The summed E-state index contributed by atoms with van der Waals surface area (Å²) in [5.74, 6) is -0.0134. The van der Waals surface area contributed by atoms with E-state index in [9.17, 15) is 4.79 Å². The summed E-state index contributed by atoms with van der Waals surface area (Å²) in [7, 11) is 1.57. The lowest BCUT2D eigenvalue weighted by molar-refractivity contribution is -0.122. The second-order valence-corrected chi connectivity index (χ2v) is 3.58. The molecular weight excluding hydrogens is 180 g/mol. The first-order valence-electron chi connectivity index (χ1n) is 4.96. The second kappa shape index (κ2) is 5.61. The maximum atomic E-state index is 11.3. The fourth-order valence-corrected chi connectivity index (χ4v) is 1.76. The van der Waals surface area contributed by atoms with Crippen molar-refractivity contribution in [2.75, 3.05) is 13.7 Å². The second-order valence-electron chi connectivity index (χ2n) is 3.58. The Hall–Kier alpha value is -1.08. The first kappa shape index (κ1) is 11.0. The third kappa shape index (κ3) is 3.00. The molecule has 0 aliphatic heterocycles. The van der Waals surface area contributed by atoms with Crippen molar-refractivity contribution < 1.29 is 9.53 Å². The van der Waals surface area contributed by atoms with Crippen LogP contribution in [0, 0.1) is 17.2 Å². The van der Waals surface area contributed by atoms with Crippen molar-refractivity contribution in [3.8, 4) is 6.07 Å². The van der Waals surface area contributed by atoms with Crippen molar-refractivity contribution in [2.24, 2.45) is 5.92 Å². The first-order valence-corrected chi connectivity index (χ1v) is 4.96. The van der Waals surface area contributed by atoms with Crippen LogP contribution in [-0.4, -0.2) is 25.7 Å². The van der Waals surface area contributed by atoms with Crippen LogP contribution in [0.1, 0.15) is 25.7 Å². The van der Waals surface area contributed by atoms with Crippen LogP contribution < -0.4 is 5.32 Å². The quantitative estimate of drug-likeness (QED) is 0.724. The van der Waals surface area contributed by atoms with E-state index in [-0.39, 0.29) is 17.9 Å². The number of nitrogens with one attached hydrogen (secondary N) is 1. The van der Waals surface area contributed by atoms with E-state index in [1.54, 1.807) is 7.11 Å². The van der Waals surface area contributed by atoms with Gasteiger partial charge in [0.1, 0.15) is 0 Å². The van der Waals surface area contributed by atoms with Crippen molar-refractivity contribution in [1.29, 1.82) is 5.26 Å². The van der Waals surface area contributed by atoms with Gasteiger partial charge in [-0.3, -0.25) is 4.79 Å². The summed E-state index contributed by atoms with van der Waals surface area (Å²) in [4.78, 5) is 11.3. The number of nitriles is 1. The van der Waals surface area contributed by atoms with E-state index in [2.05, 4.69) is 11.4 Å². The lowest BCUT2D eigenvalue weighted by atomic mass is 10.1. The van der Waals surface area contributed by atoms with Crippen molar-refractivity contribution >= 4 is 5.91 Å². The lowest BCUT2D eigenvalue weighted by Crippen LogP contribution is -2.37. The first-order chi connectivity index (χ1) is 6.77. The molecule has 1 N–H and O–H groups in total. The van der Waals surface area contributed by atoms with Crippen LogP contribution in [0.4, 0.5) is 0 Å². The molecule has 14 heavy (non-hydrogen) atoms.